The van der Waals surface area contributed by atoms with E-state index in [9.17, 15) is 9.59 Å². The van der Waals surface area contributed by atoms with E-state index in [-0.39, 0.29) is 24.7 Å². The molecular formula is C18H22N4O2. The minimum absolute atomic E-state index is 0.00736. The molecule has 0 saturated carbocycles. The summed E-state index contributed by atoms with van der Waals surface area (Å²) in [5.74, 6) is 0.0147. The van der Waals surface area contributed by atoms with Gasteiger partial charge in [-0.2, -0.15) is 0 Å². The zero-order valence-corrected chi connectivity index (χ0v) is 13.4. The molecule has 0 atom stereocenters. The lowest BCUT2D eigenvalue weighted by molar-refractivity contribution is 0.0979. The number of nitrogens with two attached hydrogens (primary N) is 2. The first-order chi connectivity index (χ1) is 11.6. The van der Waals surface area contributed by atoms with Crippen LogP contribution < -0.4 is 22.1 Å². The number of nitrogens with one attached hydrogen (secondary N) is 2. The number of hydrogen-bond acceptors (Lipinski definition) is 6. The molecule has 2 aromatic carbocycles. The molecule has 6 nitrogen and oxygen atoms in total. The van der Waals surface area contributed by atoms with Gasteiger partial charge in [-0.25, -0.2) is 0 Å². The zero-order valence-electron chi connectivity index (χ0n) is 13.4. The van der Waals surface area contributed by atoms with Gasteiger partial charge < -0.3 is 22.1 Å². The molecule has 24 heavy (non-hydrogen) atoms. The Kier molecular flexibility index (Phi) is 6.48. The van der Waals surface area contributed by atoms with Crippen molar-refractivity contribution in [3.05, 3.63) is 59.7 Å². The molecule has 0 heterocycles. The molecule has 2 aromatic rings. The number of Topliss-reactive ketones (excluding diaryl/α,β-unsaturated/α-hetero) is 2. The summed E-state index contributed by atoms with van der Waals surface area (Å²) < 4.78 is 0. The minimum Gasteiger partial charge on any atom is -0.399 e. The van der Waals surface area contributed by atoms with Gasteiger partial charge in [0.05, 0.1) is 13.1 Å². The van der Waals surface area contributed by atoms with Gasteiger partial charge in [0, 0.05) is 35.6 Å². The van der Waals surface area contributed by atoms with Crippen LogP contribution in [0.1, 0.15) is 20.7 Å². The van der Waals surface area contributed by atoms with Gasteiger partial charge in [0.25, 0.3) is 0 Å². The molecule has 0 unspecified atom stereocenters. The fraction of sp³-hybridized carbons (Fsp3) is 0.222. The van der Waals surface area contributed by atoms with Crippen LogP contribution in [-0.4, -0.2) is 37.7 Å². The Hall–Kier alpha value is -2.70. The van der Waals surface area contributed by atoms with Crippen molar-refractivity contribution < 1.29 is 9.59 Å². The predicted octanol–water partition coefficient (Wildman–Crippen LogP) is 1.10. The number of carbonyl (C=O) groups is 2. The summed E-state index contributed by atoms with van der Waals surface area (Å²) in [4.78, 5) is 23.8. The summed E-state index contributed by atoms with van der Waals surface area (Å²) in [7, 11) is 0. The summed E-state index contributed by atoms with van der Waals surface area (Å²) in [6.07, 6.45) is 0. The average Bonchev–Trinajstić information content (AvgIpc) is 2.58. The Morgan fingerprint density at radius 3 is 1.33 bits per heavy atom. The highest BCUT2D eigenvalue weighted by atomic mass is 16.1. The second-order valence-corrected chi connectivity index (χ2v) is 5.44. The van der Waals surface area contributed by atoms with E-state index in [4.69, 9.17) is 11.5 Å². The van der Waals surface area contributed by atoms with E-state index in [0.717, 1.165) is 0 Å². The Balaban J connectivity index is 1.61. The first-order valence-electron chi connectivity index (χ1n) is 7.75. The molecule has 0 amide bonds. The van der Waals surface area contributed by atoms with Crippen LogP contribution in [0.3, 0.4) is 0 Å². The maximum absolute atomic E-state index is 11.9. The number of carbonyl (C=O) groups excluding carboxylic acids is 2. The maximum Gasteiger partial charge on any atom is 0.176 e. The van der Waals surface area contributed by atoms with Crippen LogP contribution in [0.25, 0.3) is 0 Å². The quantitative estimate of drug-likeness (QED) is 0.312. The molecule has 0 spiro atoms. The molecule has 6 heteroatoms. The normalized spacial score (nSPS) is 10.5. The first kappa shape index (κ1) is 17.7. The third-order valence-corrected chi connectivity index (χ3v) is 3.51. The van der Waals surface area contributed by atoms with Crippen LogP contribution >= 0.6 is 0 Å². The van der Waals surface area contributed by atoms with Crippen LogP contribution in [0, 0.1) is 0 Å². The van der Waals surface area contributed by atoms with Gasteiger partial charge in [0.15, 0.2) is 11.6 Å². The summed E-state index contributed by atoms with van der Waals surface area (Å²) in [5, 5.41) is 6.10. The monoisotopic (exact) mass is 326 g/mol. The maximum atomic E-state index is 11.9. The summed E-state index contributed by atoms with van der Waals surface area (Å²) in [6, 6.07) is 13.7. The zero-order chi connectivity index (χ0) is 17.4. The van der Waals surface area contributed by atoms with E-state index >= 15 is 0 Å². The number of nitrogen functional groups attached to an aromatic ring is 2. The van der Waals surface area contributed by atoms with Gasteiger partial charge in [-0.3, -0.25) is 9.59 Å². The third kappa shape index (κ3) is 5.49. The first-order valence-corrected chi connectivity index (χ1v) is 7.75. The second kappa shape index (κ2) is 8.81. The van der Waals surface area contributed by atoms with Crippen LogP contribution in [0.5, 0.6) is 0 Å². The molecule has 0 radical (unpaired) electrons. The standard InChI is InChI=1S/C18H22N4O2/c19-15-5-1-13(2-6-15)17(23)11-21-9-10-22-12-18(24)14-3-7-16(20)8-4-14/h1-8,21-22H,9-12,19-20H2. The summed E-state index contributed by atoms with van der Waals surface area (Å²) in [6.45, 7) is 1.68. The fourth-order valence-electron chi connectivity index (χ4n) is 2.12. The van der Waals surface area contributed by atoms with Crippen LogP contribution in [0.15, 0.2) is 48.5 Å². The van der Waals surface area contributed by atoms with Crippen molar-refractivity contribution in [3.63, 3.8) is 0 Å². The molecule has 0 bridgehead atoms. The molecule has 0 aliphatic heterocycles. The molecule has 126 valence electrons. The fourth-order valence-corrected chi connectivity index (χ4v) is 2.12. The molecule has 0 aromatic heterocycles. The van der Waals surface area contributed by atoms with Gasteiger partial charge in [-0.15, -0.1) is 0 Å². The van der Waals surface area contributed by atoms with Gasteiger partial charge in [0.1, 0.15) is 0 Å². The lowest BCUT2D eigenvalue weighted by Crippen LogP contribution is -2.33. The Morgan fingerprint density at radius 1 is 0.667 bits per heavy atom. The smallest absolute Gasteiger partial charge is 0.176 e. The molecule has 0 fully saturated rings. The molecular weight excluding hydrogens is 304 g/mol. The van der Waals surface area contributed by atoms with Crippen molar-refractivity contribution in [1.29, 1.82) is 0 Å². The highest BCUT2D eigenvalue weighted by Gasteiger charge is 2.06. The molecule has 0 aliphatic carbocycles. The molecule has 2 rings (SSSR count). The van der Waals surface area contributed by atoms with E-state index < -0.39 is 0 Å². The van der Waals surface area contributed by atoms with Crippen molar-refractivity contribution in [1.82, 2.24) is 10.6 Å². The number of hydrogen-bond donors (Lipinski definition) is 4. The SMILES string of the molecule is Nc1ccc(C(=O)CNCCNCC(=O)c2ccc(N)cc2)cc1. The van der Waals surface area contributed by atoms with Crippen molar-refractivity contribution in [2.45, 2.75) is 0 Å². The van der Waals surface area contributed by atoms with Gasteiger partial charge in [-0.1, -0.05) is 0 Å². The van der Waals surface area contributed by atoms with E-state index in [1.807, 2.05) is 0 Å². The highest BCUT2D eigenvalue weighted by molar-refractivity contribution is 5.98. The number of benzene rings is 2. The van der Waals surface area contributed by atoms with Crippen LogP contribution in [-0.2, 0) is 0 Å². The van der Waals surface area contributed by atoms with Crippen LogP contribution in [0.2, 0.25) is 0 Å². The minimum atomic E-state index is 0.00736. The predicted molar refractivity (Wildman–Crippen MR) is 96.1 cm³/mol. The average molecular weight is 326 g/mol. The number of anilines is 2. The van der Waals surface area contributed by atoms with Gasteiger partial charge >= 0.3 is 0 Å². The second-order valence-electron chi connectivity index (χ2n) is 5.44. The summed E-state index contributed by atoms with van der Waals surface area (Å²) in [5.41, 5.74) is 13.7. The van der Waals surface area contributed by atoms with Crippen molar-refractivity contribution >= 4 is 22.9 Å². The number of ketones is 2. The largest absolute Gasteiger partial charge is 0.399 e. The highest BCUT2D eigenvalue weighted by Crippen LogP contribution is 2.06. The van der Waals surface area contributed by atoms with Gasteiger partial charge in [-0.05, 0) is 48.5 Å². The van der Waals surface area contributed by atoms with Crippen molar-refractivity contribution in [2.24, 2.45) is 0 Å². The molecule has 6 N–H and O–H groups in total. The molecule has 0 saturated heterocycles. The molecule has 0 aliphatic rings. The lowest BCUT2D eigenvalue weighted by atomic mass is 10.1. The van der Waals surface area contributed by atoms with E-state index in [1.165, 1.54) is 0 Å². The Bertz CT molecular complexity index is 620. The third-order valence-electron chi connectivity index (χ3n) is 3.51. The van der Waals surface area contributed by atoms with E-state index in [1.54, 1.807) is 48.5 Å². The summed E-state index contributed by atoms with van der Waals surface area (Å²) >= 11 is 0. The van der Waals surface area contributed by atoms with E-state index in [2.05, 4.69) is 10.6 Å². The van der Waals surface area contributed by atoms with Gasteiger partial charge in [0.2, 0.25) is 0 Å². The van der Waals surface area contributed by atoms with Crippen molar-refractivity contribution in [3.8, 4) is 0 Å². The topological polar surface area (TPSA) is 110 Å². The number of rotatable bonds is 9. The Labute approximate surface area is 141 Å². The van der Waals surface area contributed by atoms with Crippen LogP contribution in [0.4, 0.5) is 11.4 Å². The van der Waals surface area contributed by atoms with Crippen molar-refractivity contribution in [2.75, 3.05) is 37.6 Å². The van der Waals surface area contributed by atoms with E-state index in [0.29, 0.717) is 35.6 Å². The Morgan fingerprint density at radius 2 is 1.00 bits per heavy atom. The lowest BCUT2D eigenvalue weighted by Gasteiger charge is -2.06.